The van der Waals surface area contributed by atoms with Gasteiger partial charge in [-0.2, -0.15) is 0 Å². The molecule has 12 nitrogen and oxygen atoms in total. The summed E-state index contributed by atoms with van der Waals surface area (Å²) >= 11 is 0. The fourth-order valence-electron chi connectivity index (χ4n) is 7.74. The molecule has 2 aromatic heterocycles. The lowest BCUT2D eigenvalue weighted by Crippen LogP contribution is -2.35. The summed E-state index contributed by atoms with van der Waals surface area (Å²) in [6.07, 6.45) is 12.7. The van der Waals surface area contributed by atoms with Crippen LogP contribution in [0.2, 0.25) is 0 Å². The van der Waals surface area contributed by atoms with E-state index in [9.17, 15) is 9.59 Å². The average molecular weight is 711 g/mol. The summed E-state index contributed by atoms with van der Waals surface area (Å²) in [7, 11) is 3.09. The van der Waals surface area contributed by atoms with Gasteiger partial charge in [0.25, 0.3) is 0 Å². The van der Waals surface area contributed by atoms with Gasteiger partial charge in [0.05, 0.1) is 48.6 Å². The first kappa shape index (κ1) is 35.9. The number of aromatic nitrogens is 4. The number of carbonyl (C=O) groups excluding carboxylic acids is 2. The smallest absolute Gasteiger partial charge is 0.249 e. The molecule has 2 aromatic carbocycles. The molecule has 0 aliphatic carbocycles. The van der Waals surface area contributed by atoms with Crippen molar-refractivity contribution in [2.45, 2.75) is 76.0 Å². The highest BCUT2D eigenvalue weighted by atomic mass is 16.5. The molecule has 3 aliphatic rings. The minimum atomic E-state index is -0.219. The fourth-order valence-corrected chi connectivity index (χ4v) is 7.74. The highest BCUT2D eigenvalue weighted by molar-refractivity contribution is 5.79. The molecule has 2 fully saturated rings. The molecule has 7 rings (SSSR count). The third-order valence-corrected chi connectivity index (χ3v) is 10.5. The molecule has 5 heterocycles. The first-order valence-electron chi connectivity index (χ1n) is 18.7. The van der Waals surface area contributed by atoms with Gasteiger partial charge in [0.2, 0.25) is 11.8 Å². The topological polar surface area (TPSA) is 135 Å². The number of amides is 2. The van der Waals surface area contributed by atoms with Crippen molar-refractivity contribution in [2.24, 2.45) is 0 Å². The third-order valence-electron chi connectivity index (χ3n) is 10.5. The number of imidazole rings is 2. The summed E-state index contributed by atoms with van der Waals surface area (Å²) in [5.74, 6) is 2.26. The van der Waals surface area contributed by atoms with Crippen LogP contribution in [0.25, 0.3) is 33.6 Å². The summed E-state index contributed by atoms with van der Waals surface area (Å²) in [6.45, 7) is 2.68. The lowest BCUT2D eigenvalue weighted by molar-refractivity contribution is -0.137. The number of rotatable bonds is 7. The molecule has 0 spiro atoms. The van der Waals surface area contributed by atoms with Gasteiger partial charge in [-0.1, -0.05) is 56.0 Å². The van der Waals surface area contributed by atoms with Crippen molar-refractivity contribution >= 4 is 11.8 Å². The Morgan fingerprint density at radius 3 is 2.15 bits per heavy atom. The van der Waals surface area contributed by atoms with Crippen molar-refractivity contribution < 1.29 is 28.5 Å². The van der Waals surface area contributed by atoms with Gasteiger partial charge in [-0.3, -0.25) is 9.59 Å². The Hall–Kier alpha value is -4.52. The van der Waals surface area contributed by atoms with Crippen molar-refractivity contribution in [2.75, 3.05) is 53.7 Å². The average Bonchev–Trinajstić information content (AvgIpc) is 3.99. The number of hydrogen-bond donors (Lipinski definition) is 2. The highest BCUT2D eigenvalue weighted by Crippen LogP contribution is 2.38. The van der Waals surface area contributed by atoms with Gasteiger partial charge in [-0.05, 0) is 54.5 Å². The molecule has 4 bridgehead atoms. The molecule has 276 valence electrons. The fraction of sp³-hybridized carbons (Fsp3) is 0.500. The van der Waals surface area contributed by atoms with Gasteiger partial charge >= 0.3 is 0 Å². The Morgan fingerprint density at radius 1 is 0.750 bits per heavy atom. The normalized spacial score (nSPS) is 21.3. The maximum Gasteiger partial charge on any atom is 0.249 e. The highest BCUT2D eigenvalue weighted by Gasteiger charge is 2.38. The summed E-state index contributed by atoms with van der Waals surface area (Å²) < 4.78 is 23.0. The Morgan fingerprint density at radius 2 is 1.38 bits per heavy atom. The van der Waals surface area contributed by atoms with Crippen molar-refractivity contribution in [3.8, 4) is 39.4 Å². The molecule has 0 unspecified atom stereocenters. The number of aromatic amines is 2. The largest absolute Gasteiger partial charge is 0.493 e. The summed E-state index contributed by atoms with van der Waals surface area (Å²) in [6, 6.07) is 14.4. The molecule has 2 saturated heterocycles. The maximum atomic E-state index is 13.1. The molecule has 2 amide bonds. The van der Waals surface area contributed by atoms with Crippen molar-refractivity contribution in [3.63, 3.8) is 0 Å². The first-order valence-corrected chi connectivity index (χ1v) is 18.7. The zero-order valence-electron chi connectivity index (χ0n) is 30.3. The van der Waals surface area contributed by atoms with Crippen LogP contribution in [-0.4, -0.2) is 101 Å². The molecule has 3 atom stereocenters. The van der Waals surface area contributed by atoms with E-state index >= 15 is 0 Å². The Labute approximate surface area is 305 Å². The quantitative estimate of drug-likeness (QED) is 0.223. The number of fused-ring (bicyclic) bond motifs is 7. The summed E-state index contributed by atoms with van der Waals surface area (Å²) in [5, 5.41) is 0. The molecule has 2 N–H and O–H groups in total. The zero-order valence-corrected chi connectivity index (χ0v) is 30.3. The lowest BCUT2D eigenvalue weighted by atomic mass is 10.00. The Kier molecular flexibility index (Phi) is 11.6. The van der Waals surface area contributed by atoms with Gasteiger partial charge < -0.3 is 38.7 Å². The minimum absolute atomic E-state index is 0.0106. The number of likely N-dealkylation sites (tertiary alicyclic amines) is 2. The summed E-state index contributed by atoms with van der Waals surface area (Å²) in [5.41, 5.74) is 5.81. The number of H-pyrrole nitrogens is 2. The molecule has 52 heavy (non-hydrogen) atoms. The van der Waals surface area contributed by atoms with E-state index < -0.39 is 0 Å². The maximum absolute atomic E-state index is 13.1. The van der Waals surface area contributed by atoms with Crippen LogP contribution < -0.4 is 4.74 Å². The van der Waals surface area contributed by atoms with Crippen LogP contribution in [-0.2, 0) is 23.8 Å². The second-order valence-electron chi connectivity index (χ2n) is 14.0. The molecule has 0 saturated carbocycles. The predicted octanol–water partition coefficient (Wildman–Crippen LogP) is 6.48. The number of methoxy groups -OCH3 is 2. The Balaban J connectivity index is 1.12. The van der Waals surface area contributed by atoms with E-state index in [0.717, 1.165) is 89.6 Å². The first-order chi connectivity index (χ1) is 25.5. The Bertz CT molecular complexity index is 1800. The second-order valence-corrected chi connectivity index (χ2v) is 14.0. The van der Waals surface area contributed by atoms with Crippen LogP contribution in [0.4, 0.5) is 0 Å². The van der Waals surface area contributed by atoms with E-state index in [1.54, 1.807) is 14.2 Å². The van der Waals surface area contributed by atoms with Crippen LogP contribution in [0.3, 0.4) is 0 Å². The van der Waals surface area contributed by atoms with Crippen LogP contribution >= 0.6 is 0 Å². The van der Waals surface area contributed by atoms with E-state index in [4.69, 9.17) is 23.9 Å². The van der Waals surface area contributed by atoms with Gasteiger partial charge in [0, 0.05) is 45.9 Å². The standard InChI is InChI=1S/C40H50N6O6/c1-49-25-37(47)45-17-9-10-34(45)39-41-22-32(43-39)28-13-11-27(12-14-28)29-15-16-31-33-23-42-40(44-33)35-21-30(24-46(35)38(48)26-50-2)51-18-7-5-3-4-6-8-19-52-36(31)20-29/h11-16,20,22-23,30,34-35H,3-10,17-19,21,24-26H2,1-2H3,(H,41,43)(H,42,44)/t30-,34-,35-/m0/s1. The molecule has 12 heteroatoms. The van der Waals surface area contributed by atoms with Gasteiger partial charge in [0.15, 0.2) is 0 Å². The molecule has 3 aliphatic heterocycles. The SMILES string of the molecule is COCC(=O)N1CCC[C@H]1c1ncc(-c2ccc(-c3ccc4c(c3)OCCCCCCCCO[C@H]3C[C@@H](c5ncc-4[nH]5)N(C(=O)COC)C3)cc2)[nH]1. The number of nitrogens with zero attached hydrogens (tertiary/aromatic N) is 4. The molecule has 4 aromatic rings. The minimum Gasteiger partial charge on any atom is -0.493 e. The van der Waals surface area contributed by atoms with E-state index in [2.05, 4.69) is 57.4 Å². The number of carbonyl (C=O) groups is 2. The van der Waals surface area contributed by atoms with Crippen molar-refractivity contribution in [3.05, 3.63) is 66.5 Å². The van der Waals surface area contributed by atoms with Crippen molar-refractivity contribution in [1.29, 1.82) is 0 Å². The van der Waals surface area contributed by atoms with Gasteiger partial charge in [-0.25, -0.2) is 9.97 Å². The lowest BCUT2D eigenvalue weighted by Gasteiger charge is -2.22. The van der Waals surface area contributed by atoms with Gasteiger partial charge in [0.1, 0.15) is 30.6 Å². The number of hydrogen-bond acceptors (Lipinski definition) is 8. The van der Waals surface area contributed by atoms with Gasteiger partial charge in [-0.15, -0.1) is 0 Å². The van der Waals surface area contributed by atoms with E-state index in [1.165, 1.54) is 12.8 Å². The van der Waals surface area contributed by atoms with Crippen molar-refractivity contribution in [1.82, 2.24) is 29.7 Å². The molecular weight excluding hydrogens is 660 g/mol. The van der Waals surface area contributed by atoms with Crippen LogP contribution in [0.5, 0.6) is 5.75 Å². The summed E-state index contributed by atoms with van der Waals surface area (Å²) in [4.78, 5) is 45.8. The number of ether oxygens (including phenoxy) is 4. The van der Waals surface area contributed by atoms with E-state index in [1.807, 2.05) is 22.2 Å². The zero-order chi connectivity index (χ0) is 35.9. The molecular formula is C40H50N6O6. The van der Waals surface area contributed by atoms with Crippen LogP contribution in [0.15, 0.2) is 54.9 Å². The third kappa shape index (κ3) is 8.09. The monoisotopic (exact) mass is 710 g/mol. The number of nitrogens with one attached hydrogen (secondary N) is 2. The second kappa shape index (κ2) is 16.9. The molecule has 0 radical (unpaired) electrons. The van der Waals surface area contributed by atoms with E-state index in [-0.39, 0.29) is 43.2 Å². The number of benzene rings is 2. The van der Waals surface area contributed by atoms with Crippen LogP contribution in [0, 0.1) is 0 Å². The van der Waals surface area contributed by atoms with E-state index in [0.29, 0.717) is 32.7 Å². The van der Waals surface area contributed by atoms with Crippen LogP contribution in [0.1, 0.15) is 81.5 Å². The predicted molar refractivity (Wildman–Crippen MR) is 196 cm³/mol.